The Morgan fingerprint density at radius 2 is 1.36 bits per heavy atom. The molecule has 0 aromatic carbocycles. The van der Waals surface area contributed by atoms with E-state index in [4.69, 9.17) is 5.11 Å². The predicted molar refractivity (Wildman–Crippen MR) is 63.5 cm³/mol. The second-order valence-electron chi connectivity index (χ2n) is 3.87. The van der Waals surface area contributed by atoms with Crippen LogP contribution in [0.25, 0.3) is 0 Å². The highest BCUT2D eigenvalue weighted by Crippen LogP contribution is 2.08. The van der Waals surface area contributed by atoms with E-state index in [0.29, 0.717) is 6.61 Å². The van der Waals surface area contributed by atoms with E-state index < -0.39 is 0 Å². The maximum atomic E-state index is 8.58. The Balaban J connectivity index is 2.88. The van der Waals surface area contributed by atoms with Crippen molar-refractivity contribution >= 4 is 0 Å². The number of unbranched alkanes of at least 4 members (excludes halogenated alkanes) is 7. The summed E-state index contributed by atoms with van der Waals surface area (Å²) in [6, 6.07) is 0. The number of hydrogen-bond acceptors (Lipinski definition) is 1. The SMILES string of the molecule is CC/C=C/CCCCCCCCCO. The van der Waals surface area contributed by atoms with Gasteiger partial charge >= 0.3 is 0 Å². The lowest BCUT2D eigenvalue weighted by Gasteiger charge is -1.99. The molecular weight excluding hydrogens is 172 g/mol. The Bertz CT molecular complexity index is 118. The highest BCUT2D eigenvalue weighted by molar-refractivity contribution is 4.79. The molecule has 0 amide bonds. The lowest BCUT2D eigenvalue weighted by Crippen LogP contribution is -1.83. The number of aliphatic hydroxyl groups is 1. The van der Waals surface area contributed by atoms with Crippen molar-refractivity contribution in [1.82, 2.24) is 0 Å². The zero-order valence-corrected chi connectivity index (χ0v) is 9.67. The molecule has 0 rings (SSSR count). The van der Waals surface area contributed by atoms with Crippen molar-refractivity contribution in [2.45, 2.75) is 64.7 Å². The number of rotatable bonds is 10. The average Bonchev–Trinajstić information content (AvgIpc) is 2.21. The Morgan fingerprint density at radius 1 is 0.786 bits per heavy atom. The third-order valence-electron chi connectivity index (χ3n) is 2.43. The Kier molecular flexibility index (Phi) is 12.4. The van der Waals surface area contributed by atoms with Gasteiger partial charge in [-0.3, -0.25) is 0 Å². The van der Waals surface area contributed by atoms with Crippen LogP contribution in [0.1, 0.15) is 64.7 Å². The molecule has 1 nitrogen and oxygen atoms in total. The van der Waals surface area contributed by atoms with E-state index in [2.05, 4.69) is 19.1 Å². The van der Waals surface area contributed by atoms with Gasteiger partial charge in [-0.05, 0) is 25.7 Å². The summed E-state index contributed by atoms with van der Waals surface area (Å²) in [5.41, 5.74) is 0. The highest BCUT2D eigenvalue weighted by atomic mass is 16.2. The van der Waals surface area contributed by atoms with Crippen LogP contribution in [0.2, 0.25) is 0 Å². The van der Waals surface area contributed by atoms with Gasteiger partial charge in [0.25, 0.3) is 0 Å². The van der Waals surface area contributed by atoms with E-state index >= 15 is 0 Å². The van der Waals surface area contributed by atoms with Crippen LogP contribution in [0, 0.1) is 0 Å². The van der Waals surface area contributed by atoms with Gasteiger partial charge < -0.3 is 5.11 Å². The zero-order chi connectivity index (χ0) is 10.5. The van der Waals surface area contributed by atoms with E-state index in [1.165, 1.54) is 51.4 Å². The molecule has 0 aliphatic heterocycles. The first kappa shape index (κ1) is 13.7. The Labute approximate surface area is 89.2 Å². The number of aliphatic hydroxyl groups excluding tert-OH is 1. The number of hydrogen-bond donors (Lipinski definition) is 1. The lowest BCUT2D eigenvalue weighted by molar-refractivity contribution is 0.282. The van der Waals surface area contributed by atoms with Crippen LogP contribution >= 0.6 is 0 Å². The van der Waals surface area contributed by atoms with Gasteiger partial charge in [0.1, 0.15) is 0 Å². The first-order valence-electron chi connectivity index (χ1n) is 6.17. The van der Waals surface area contributed by atoms with Crippen molar-refractivity contribution in [1.29, 1.82) is 0 Å². The minimum atomic E-state index is 0.363. The molecule has 0 bridgehead atoms. The molecule has 0 heterocycles. The van der Waals surface area contributed by atoms with Gasteiger partial charge in [0.15, 0.2) is 0 Å². The summed E-state index contributed by atoms with van der Waals surface area (Å²) in [5.74, 6) is 0. The molecule has 0 atom stereocenters. The molecule has 1 N–H and O–H groups in total. The van der Waals surface area contributed by atoms with Crippen LogP contribution in [-0.2, 0) is 0 Å². The molecule has 0 aromatic heterocycles. The molecule has 0 aliphatic rings. The molecule has 0 aliphatic carbocycles. The normalized spacial score (nSPS) is 11.3. The van der Waals surface area contributed by atoms with Gasteiger partial charge in [0.2, 0.25) is 0 Å². The number of allylic oxidation sites excluding steroid dienone is 2. The van der Waals surface area contributed by atoms with Gasteiger partial charge in [0.05, 0.1) is 0 Å². The molecule has 0 saturated carbocycles. The fraction of sp³-hybridized carbons (Fsp3) is 0.846. The minimum absolute atomic E-state index is 0.363. The van der Waals surface area contributed by atoms with Crippen molar-refractivity contribution in [3.05, 3.63) is 12.2 Å². The molecule has 1 heteroatoms. The maximum absolute atomic E-state index is 8.58. The van der Waals surface area contributed by atoms with Crippen molar-refractivity contribution in [2.24, 2.45) is 0 Å². The van der Waals surface area contributed by atoms with E-state index in [1.54, 1.807) is 0 Å². The summed E-state index contributed by atoms with van der Waals surface area (Å²) in [6.07, 6.45) is 15.9. The van der Waals surface area contributed by atoms with Crippen LogP contribution in [0.5, 0.6) is 0 Å². The van der Waals surface area contributed by atoms with Crippen LogP contribution in [0.3, 0.4) is 0 Å². The fourth-order valence-electron chi connectivity index (χ4n) is 1.54. The van der Waals surface area contributed by atoms with Crippen molar-refractivity contribution in [3.63, 3.8) is 0 Å². The summed E-state index contributed by atoms with van der Waals surface area (Å²) in [4.78, 5) is 0. The monoisotopic (exact) mass is 198 g/mol. The van der Waals surface area contributed by atoms with Gasteiger partial charge in [-0.25, -0.2) is 0 Å². The summed E-state index contributed by atoms with van der Waals surface area (Å²) in [5, 5.41) is 8.58. The second-order valence-corrected chi connectivity index (χ2v) is 3.87. The van der Waals surface area contributed by atoms with Gasteiger partial charge in [0, 0.05) is 6.61 Å². The quantitative estimate of drug-likeness (QED) is 0.414. The van der Waals surface area contributed by atoms with Gasteiger partial charge in [-0.2, -0.15) is 0 Å². The smallest absolute Gasteiger partial charge is 0.0431 e. The summed E-state index contributed by atoms with van der Waals surface area (Å²) in [6.45, 7) is 2.54. The Hall–Kier alpha value is -0.300. The summed E-state index contributed by atoms with van der Waals surface area (Å²) < 4.78 is 0. The third kappa shape index (κ3) is 11.7. The molecule has 84 valence electrons. The molecule has 0 radical (unpaired) electrons. The first-order chi connectivity index (χ1) is 6.91. The largest absolute Gasteiger partial charge is 0.396 e. The van der Waals surface area contributed by atoms with Crippen molar-refractivity contribution in [2.75, 3.05) is 6.61 Å². The minimum Gasteiger partial charge on any atom is -0.396 e. The van der Waals surface area contributed by atoms with E-state index in [9.17, 15) is 0 Å². The van der Waals surface area contributed by atoms with Crippen LogP contribution in [0.15, 0.2) is 12.2 Å². The van der Waals surface area contributed by atoms with Gasteiger partial charge in [-0.1, -0.05) is 51.2 Å². The molecule has 0 fully saturated rings. The first-order valence-corrected chi connectivity index (χ1v) is 6.17. The molecule has 0 saturated heterocycles. The van der Waals surface area contributed by atoms with Crippen LogP contribution in [-0.4, -0.2) is 11.7 Å². The second kappa shape index (κ2) is 12.7. The van der Waals surface area contributed by atoms with E-state index in [0.717, 1.165) is 6.42 Å². The van der Waals surface area contributed by atoms with Crippen LogP contribution < -0.4 is 0 Å². The molecule has 0 unspecified atom stereocenters. The molecule has 14 heavy (non-hydrogen) atoms. The average molecular weight is 198 g/mol. The van der Waals surface area contributed by atoms with E-state index in [-0.39, 0.29) is 0 Å². The standard InChI is InChI=1S/C13H26O/c1-2-3-4-5-6-7-8-9-10-11-12-13-14/h3-4,14H,2,5-13H2,1H3/b4-3+. The van der Waals surface area contributed by atoms with Crippen LogP contribution in [0.4, 0.5) is 0 Å². The van der Waals surface area contributed by atoms with Crippen molar-refractivity contribution in [3.8, 4) is 0 Å². The summed E-state index contributed by atoms with van der Waals surface area (Å²) >= 11 is 0. The van der Waals surface area contributed by atoms with Gasteiger partial charge in [-0.15, -0.1) is 0 Å². The zero-order valence-electron chi connectivity index (χ0n) is 9.67. The Morgan fingerprint density at radius 3 is 1.93 bits per heavy atom. The highest BCUT2D eigenvalue weighted by Gasteiger charge is 1.90. The maximum Gasteiger partial charge on any atom is 0.0431 e. The van der Waals surface area contributed by atoms with Crippen molar-refractivity contribution < 1.29 is 5.11 Å². The topological polar surface area (TPSA) is 20.2 Å². The summed E-state index contributed by atoms with van der Waals surface area (Å²) in [7, 11) is 0. The molecular formula is C13H26O. The lowest BCUT2D eigenvalue weighted by atomic mass is 10.1. The fourth-order valence-corrected chi connectivity index (χ4v) is 1.54. The molecule has 0 spiro atoms. The third-order valence-corrected chi connectivity index (χ3v) is 2.43. The van der Waals surface area contributed by atoms with E-state index in [1.807, 2.05) is 0 Å². The molecule has 0 aromatic rings. The predicted octanol–water partition coefficient (Wildman–Crippen LogP) is 4.07.